The summed E-state index contributed by atoms with van der Waals surface area (Å²) in [4.78, 5) is 10.7. The third-order valence-electron chi connectivity index (χ3n) is 2.23. The molecule has 1 aromatic heterocycles. The number of carbonyl (C=O) groups excluding carboxylic acids is 1. The molecule has 0 atom stereocenters. The maximum absolute atomic E-state index is 12.0. The molecule has 0 unspecified atom stereocenters. The quantitative estimate of drug-likeness (QED) is 0.779. The van der Waals surface area contributed by atoms with Crippen molar-refractivity contribution < 1.29 is 17.6 Å². The van der Waals surface area contributed by atoms with Crippen molar-refractivity contribution in [1.82, 2.24) is 0 Å². The van der Waals surface area contributed by atoms with E-state index in [4.69, 9.17) is 4.42 Å². The van der Waals surface area contributed by atoms with Crippen LogP contribution in [0.2, 0.25) is 0 Å². The highest BCUT2D eigenvalue weighted by molar-refractivity contribution is 7.90. The van der Waals surface area contributed by atoms with Gasteiger partial charge in [-0.25, -0.2) is 8.42 Å². The van der Waals surface area contributed by atoms with E-state index in [-0.39, 0.29) is 22.2 Å². The monoisotopic (exact) mass is 250 g/mol. The van der Waals surface area contributed by atoms with Gasteiger partial charge in [0, 0.05) is 0 Å². The van der Waals surface area contributed by atoms with E-state index >= 15 is 0 Å². The molecule has 4 nitrogen and oxygen atoms in total. The smallest absolute Gasteiger partial charge is 0.185 e. The van der Waals surface area contributed by atoms with Crippen molar-refractivity contribution in [3.8, 4) is 0 Å². The van der Waals surface area contributed by atoms with Gasteiger partial charge in [0.2, 0.25) is 0 Å². The van der Waals surface area contributed by atoms with Gasteiger partial charge in [0.05, 0.1) is 4.90 Å². The number of hydrogen-bond acceptors (Lipinski definition) is 4. The molecule has 5 heteroatoms. The van der Waals surface area contributed by atoms with Gasteiger partial charge in [0.25, 0.3) is 0 Å². The Kier molecular flexibility index (Phi) is 3.10. The molecule has 1 aromatic carbocycles. The average Bonchev–Trinajstić information content (AvgIpc) is 2.77. The van der Waals surface area contributed by atoms with E-state index in [9.17, 15) is 13.2 Å². The fourth-order valence-corrected chi connectivity index (χ4v) is 2.70. The van der Waals surface area contributed by atoms with Gasteiger partial charge in [0.1, 0.15) is 11.5 Å². The summed E-state index contributed by atoms with van der Waals surface area (Å²) in [7, 11) is -3.42. The van der Waals surface area contributed by atoms with Crippen LogP contribution in [0.15, 0.2) is 51.8 Å². The van der Waals surface area contributed by atoms with Crippen LogP contribution >= 0.6 is 0 Å². The Balaban J connectivity index is 2.26. The van der Waals surface area contributed by atoms with E-state index in [0.717, 1.165) is 0 Å². The van der Waals surface area contributed by atoms with Gasteiger partial charge in [-0.05, 0) is 24.3 Å². The molecule has 0 radical (unpaired) electrons. The van der Waals surface area contributed by atoms with Crippen LogP contribution in [0.4, 0.5) is 0 Å². The normalized spacial score (nSPS) is 11.3. The standard InChI is InChI=1S/C12H10O4S/c13-8-10-6-7-11(16-10)9-17(14,15)12-4-2-1-3-5-12/h1-8H,9H2. The fraction of sp³-hybridized carbons (Fsp3) is 0.0833. The molecule has 0 spiro atoms. The third-order valence-corrected chi connectivity index (χ3v) is 3.89. The third kappa shape index (κ3) is 2.62. The van der Waals surface area contributed by atoms with E-state index in [2.05, 4.69) is 0 Å². The van der Waals surface area contributed by atoms with Crippen LogP contribution in [0.5, 0.6) is 0 Å². The first kappa shape index (κ1) is 11.6. The number of hydrogen-bond donors (Lipinski definition) is 0. The van der Waals surface area contributed by atoms with Crippen LogP contribution in [0.1, 0.15) is 16.3 Å². The molecule has 0 bridgehead atoms. The number of benzene rings is 1. The number of furan rings is 1. The Labute approximate surface area is 98.8 Å². The lowest BCUT2D eigenvalue weighted by Crippen LogP contribution is -2.03. The zero-order valence-corrected chi connectivity index (χ0v) is 9.68. The highest BCUT2D eigenvalue weighted by Crippen LogP contribution is 2.17. The van der Waals surface area contributed by atoms with Crippen LogP contribution in [-0.4, -0.2) is 14.7 Å². The molecule has 0 N–H and O–H groups in total. The lowest BCUT2D eigenvalue weighted by atomic mass is 10.4. The average molecular weight is 250 g/mol. The van der Waals surface area contributed by atoms with Gasteiger partial charge in [-0.1, -0.05) is 18.2 Å². The summed E-state index contributed by atoms with van der Waals surface area (Å²) in [5.41, 5.74) is 0. The van der Waals surface area contributed by atoms with Gasteiger partial charge < -0.3 is 4.42 Å². The first-order chi connectivity index (χ1) is 8.12. The molecule has 1 heterocycles. The minimum atomic E-state index is -3.42. The maximum atomic E-state index is 12.0. The summed E-state index contributed by atoms with van der Waals surface area (Å²) in [5, 5.41) is 0. The molecule has 2 aromatic rings. The number of rotatable bonds is 4. The van der Waals surface area contributed by atoms with Crippen molar-refractivity contribution in [1.29, 1.82) is 0 Å². The van der Waals surface area contributed by atoms with Gasteiger partial charge in [-0.3, -0.25) is 4.79 Å². The van der Waals surface area contributed by atoms with E-state index in [1.54, 1.807) is 18.2 Å². The molecule has 0 fully saturated rings. The van der Waals surface area contributed by atoms with Gasteiger partial charge in [0.15, 0.2) is 21.9 Å². The highest BCUT2D eigenvalue weighted by atomic mass is 32.2. The van der Waals surface area contributed by atoms with E-state index in [0.29, 0.717) is 6.29 Å². The Morgan fingerprint density at radius 3 is 2.35 bits per heavy atom. The lowest BCUT2D eigenvalue weighted by molar-refractivity contribution is 0.109. The van der Waals surface area contributed by atoms with Gasteiger partial charge >= 0.3 is 0 Å². The molecule has 0 aliphatic heterocycles. The summed E-state index contributed by atoms with van der Waals surface area (Å²) >= 11 is 0. The zero-order valence-electron chi connectivity index (χ0n) is 8.87. The van der Waals surface area contributed by atoms with E-state index < -0.39 is 9.84 Å². The SMILES string of the molecule is O=Cc1ccc(CS(=O)(=O)c2ccccc2)o1. The summed E-state index contributed by atoms with van der Waals surface area (Å²) < 4.78 is 28.9. The minimum Gasteiger partial charge on any atom is -0.457 e. The number of carbonyl (C=O) groups is 1. The van der Waals surface area contributed by atoms with E-state index in [1.807, 2.05) is 0 Å². The predicted octanol–water partition coefficient (Wildman–Crippen LogP) is 2.07. The molecule has 17 heavy (non-hydrogen) atoms. The molecular formula is C12H10O4S. The highest BCUT2D eigenvalue weighted by Gasteiger charge is 2.17. The molecule has 0 saturated heterocycles. The summed E-state index contributed by atoms with van der Waals surface area (Å²) in [5.74, 6) is 0.143. The Bertz CT molecular complexity index is 611. The molecule has 88 valence electrons. The zero-order chi connectivity index (χ0) is 12.3. The molecule has 0 aliphatic rings. The number of sulfone groups is 1. The number of aldehydes is 1. The van der Waals surface area contributed by atoms with E-state index in [1.165, 1.54) is 24.3 Å². The van der Waals surface area contributed by atoms with Crippen molar-refractivity contribution >= 4 is 16.1 Å². The topological polar surface area (TPSA) is 64.3 Å². The van der Waals surface area contributed by atoms with Gasteiger partial charge in [-0.2, -0.15) is 0 Å². The van der Waals surface area contributed by atoms with Crippen molar-refractivity contribution in [2.75, 3.05) is 0 Å². The lowest BCUT2D eigenvalue weighted by Gasteiger charge is -2.01. The molecular weight excluding hydrogens is 240 g/mol. The summed E-state index contributed by atoms with van der Waals surface area (Å²) in [6.45, 7) is 0. The van der Waals surface area contributed by atoms with Crippen LogP contribution < -0.4 is 0 Å². The second-order valence-electron chi connectivity index (χ2n) is 3.49. The molecule has 2 rings (SSSR count). The molecule has 0 aliphatic carbocycles. The molecule has 0 amide bonds. The predicted molar refractivity (Wildman–Crippen MR) is 61.4 cm³/mol. The maximum Gasteiger partial charge on any atom is 0.185 e. The Hall–Kier alpha value is -1.88. The Morgan fingerprint density at radius 1 is 1.06 bits per heavy atom. The van der Waals surface area contributed by atoms with Crippen LogP contribution in [0, 0.1) is 0 Å². The van der Waals surface area contributed by atoms with Crippen molar-refractivity contribution in [2.45, 2.75) is 10.6 Å². The van der Waals surface area contributed by atoms with Crippen molar-refractivity contribution in [3.63, 3.8) is 0 Å². The minimum absolute atomic E-state index is 0.128. The first-order valence-corrected chi connectivity index (χ1v) is 6.59. The largest absolute Gasteiger partial charge is 0.457 e. The van der Waals surface area contributed by atoms with Crippen molar-refractivity contribution in [2.24, 2.45) is 0 Å². The summed E-state index contributed by atoms with van der Waals surface area (Å²) in [6.07, 6.45) is 0.540. The van der Waals surface area contributed by atoms with Crippen LogP contribution in [-0.2, 0) is 15.6 Å². The van der Waals surface area contributed by atoms with Gasteiger partial charge in [-0.15, -0.1) is 0 Å². The van der Waals surface area contributed by atoms with Crippen molar-refractivity contribution in [3.05, 3.63) is 54.0 Å². The van der Waals surface area contributed by atoms with Crippen LogP contribution in [0.25, 0.3) is 0 Å². The second-order valence-corrected chi connectivity index (χ2v) is 5.48. The van der Waals surface area contributed by atoms with Crippen LogP contribution in [0.3, 0.4) is 0 Å². The first-order valence-electron chi connectivity index (χ1n) is 4.93. The summed E-state index contributed by atoms with van der Waals surface area (Å²) in [6, 6.07) is 11.1. The Morgan fingerprint density at radius 2 is 1.76 bits per heavy atom. The second kappa shape index (κ2) is 4.55. The fourth-order valence-electron chi connectivity index (χ4n) is 1.43. The molecule has 0 saturated carbocycles.